The number of aromatic nitrogens is 2. The predicted molar refractivity (Wildman–Crippen MR) is 122 cm³/mol. The van der Waals surface area contributed by atoms with Gasteiger partial charge < -0.3 is 5.32 Å². The second kappa shape index (κ2) is 8.65. The fourth-order valence-electron chi connectivity index (χ4n) is 4.31. The predicted octanol–water partition coefficient (Wildman–Crippen LogP) is 5.94. The van der Waals surface area contributed by atoms with E-state index in [0.717, 1.165) is 35.6 Å². The van der Waals surface area contributed by atoms with Crippen molar-refractivity contribution in [1.29, 1.82) is 0 Å². The van der Waals surface area contributed by atoms with Gasteiger partial charge in [-0.05, 0) is 61.4 Å². The van der Waals surface area contributed by atoms with E-state index in [1.807, 2.05) is 42.5 Å². The van der Waals surface area contributed by atoms with Gasteiger partial charge in [0.05, 0.1) is 17.1 Å². The van der Waals surface area contributed by atoms with Gasteiger partial charge in [0.15, 0.2) is 0 Å². The fourth-order valence-corrected chi connectivity index (χ4v) is 4.67. The topological polar surface area (TPSA) is 44.3 Å². The molecule has 7 heteroatoms. The van der Waals surface area contributed by atoms with Gasteiger partial charge in [-0.15, -0.1) is 0 Å². The highest BCUT2D eigenvalue weighted by Crippen LogP contribution is 2.40. The van der Waals surface area contributed by atoms with Gasteiger partial charge >= 0.3 is 0 Å². The van der Waals surface area contributed by atoms with Crippen LogP contribution in [0.1, 0.15) is 31.4 Å². The third-order valence-corrected chi connectivity index (χ3v) is 6.05. The molecule has 31 heavy (non-hydrogen) atoms. The molecule has 1 saturated carbocycles. The van der Waals surface area contributed by atoms with Crippen molar-refractivity contribution in [2.24, 2.45) is 0 Å². The van der Waals surface area contributed by atoms with E-state index >= 15 is 0 Å². The first-order valence-corrected chi connectivity index (χ1v) is 11.0. The van der Waals surface area contributed by atoms with E-state index in [4.69, 9.17) is 16.6 Å². The lowest BCUT2D eigenvalue weighted by molar-refractivity contribution is 0.217. The van der Waals surface area contributed by atoms with Crippen molar-refractivity contribution >= 4 is 34.6 Å². The third kappa shape index (κ3) is 4.13. The molecule has 0 amide bonds. The van der Waals surface area contributed by atoms with Gasteiger partial charge in [0.2, 0.25) is 5.95 Å². The Morgan fingerprint density at radius 2 is 1.71 bits per heavy atom. The average molecular weight is 436 g/mol. The number of nitrogens with zero attached hydrogens (tertiary/aromatic N) is 4. The zero-order valence-electron chi connectivity index (χ0n) is 17.0. The lowest BCUT2D eigenvalue weighted by Crippen LogP contribution is -2.46. The lowest BCUT2D eigenvalue weighted by atomic mass is 10.2. The Kier molecular flexibility index (Phi) is 5.57. The minimum atomic E-state index is -0.302. The Morgan fingerprint density at radius 3 is 2.45 bits per heavy atom. The van der Waals surface area contributed by atoms with Crippen LogP contribution in [0.4, 0.5) is 21.7 Å². The number of halogens is 2. The molecule has 0 spiro atoms. The Bertz CT molecular complexity index is 1070. The van der Waals surface area contributed by atoms with Gasteiger partial charge in [-0.25, -0.2) is 14.4 Å². The molecule has 1 aliphatic carbocycles. The summed E-state index contributed by atoms with van der Waals surface area (Å²) in [6.07, 6.45) is 8.31. The van der Waals surface area contributed by atoms with Crippen LogP contribution in [0.3, 0.4) is 0 Å². The molecule has 1 unspecified atom stereocenters. The Balaban J connectivity index is 1.51. The first kappa shape index (κ1) is 20.0. The van der Waals surface area contributed by atoms with Gasteiger partial charge in [-0.3, -0.25) is 5.01 Å². The Hall–Kier alpha value is -2.96. The first-order chi connectivity index (χ1) is 15.2. The second-order valence-corrected chi connectivity index (χ2v) is 8.23. The molecule has 0 saturated heterocycles. The number of benzene rings is 2. The van der Waals surface area contributed by atoms with Crippen LogP contribution in [-0.4, -0.2) is 26.5 Å². The summed E-state index contributed by atoms with van der Waals surface area (Å²) in [4.78, 5) is 9.11. The molecular weight excluding hydrogens is 413 g/mol. The zero-order valence-corrected chi connectivity index (χ0v) is 17.7. The van der Waals surface area contributed by atoms with E-state index in [9.17, 15) is 4.39 Å². The van der Waals surface area contributed by atoms with Crippen LogP contribution in [0, 0.1) is 5.82 Å². The van der Waals surface area contributed by atoms with Gasteiger partial charge in [0.1, 0.15) is 11.3 Å². The summed E-state index contributed by atoms with van der Waals surface area (Å²) >= 11 is 6.82. The van der Waals surface area contributed by atoms with E-state index in [0.29, 0.717) is 12.0 Å². The maximum atomic E-state index is 13.6. The van der Waals surface area contributed by atoms with Crippen LogP contribution in [-0.2, 0) is 0 Å². The second-order valence-electron chi connectivity index (χ2n) is 7.79. The SMILES string of the molecule is Fc1ccc(N2C(c3ccnc(Nc4ccccc4)n3)=CC(Cl)N2C2CCCC2)cc1. The molecule has 1 aromatic heterocycles. The van der Waals surface area contributed by atoms with Crippen molar-refractivity contribution in [3.8, 4) is 0 Å². The van der Waals surface area contributed by atoms with Gasteiger partial charge in [0, 0.05) is 17.9 Å². The molecule has 0 bridgehead atoms. The Morgan fingerprint density at radius 1 is 0.968 bits per heavy atom. The number of rotatable bonds is 5. The molecule has 0 radical (unpaired) electrons. The number of hydrazine groups is 1. The molecule has 5 nitrogen and oxygen atoms in total. The van der Waals surface area contributed by atoms with Crippen molar-refractivity contribution in [2.45, 2.75) is 37.2 Å². The molecule has 2 aromatic carbocycles. The number of nitrogens with one attached hydrogen (secondary N) is 1. The number of hydrogen-bond donors (Lipinski definition) is 1. The van der Waals surface area contributed by atoms with Crippen LogP contribution in [0.2, 0.25) is 0 Å². The first-order valence-electron chi connectivity index (χ1n) is 10.5. The highest BCUT2D eigenvalue weighted by molar-refractivity contribution is 6.22. The van der Waals surface area contributed by atoms with E-state index < -0.39 is 0 Å². The minimum Gasteiger partial charge on any atom is -0.324 e. The van der Waals surface area contributed by atoms with Crippen molar-refractivity contribution in [2.75, 3.05) is 10.3 Å². The monoisotopic (exact) mass is 435 g/mol. The zero-order chi connectivity index (χ0) is 21.2. The molecule has 158 valence electrons. The highest BCUT2D eigenvalue weighted by atomic mass is 35.5. The summed E-state index contributed by atoms with van der Waals surface area (Å²) in [7, 11) is 0. The van der Waals surface area contributed by atoms with Crippen LogP contribution in [0.25, 0.3) is 5.70 Å². The summed E-state index contributed by atoms with van der Waals surface area (Å²) in [5.41, 5.74) is 3.10. The maximum Gasteiger partial charge on any atom is 0.227 e. The maximum absolute atomic E-state index is 13.6. The fraction of sp³-hybridized carbons (Fsp3) is 0.250. The van der Waals surface area contributed by atoms with E-state index in [2.05, 4.69) is 20.3 Å². The summed E-state index contributed by atoms with van der Waals surface area (Å²) < 4.78 is 13.6. The summed E-state index contributed by atoms with van der Waals surface area (Å²) in [6.45, 7) is 0. The van der Waals surface area contributed by atoms with Crippen LogP contribution >= 0.6 is 11.6 Å². The normalized spacial score (nSPS) is 19.6. The van der Waals surface area contributed by atoms with Gasteiger partial charge in [0.25, 0.3) is 0 Å². The number of hydrogen-bond acceptors (Lipinski definition) is 5. The molecule has 2 heterocycles. The molecule has 1 fully saturated rings. The smallest absolute Gasteiger partial charge is 0.227 e. The Labute approximate surface area is 186 Å². The summed E-state index contributed by atoms with van der Waals surface area (Å²) in [5, 5.41) is 7.53. The standard InChI is InChI=1S/C24H23ClFN5/c25-23-16-22(21-14-15-27-24(29-21)28-18-6-2-1-3-7-18)30(20-12-10-17(26)11-13-20)31(23)19-8-4-5-9-19/h1-3,6-7,10-16,19,23H,4-5,8-9H2,(H,27,28,29). The molecule has 5 rings (SSSR count). The van der Waals surface area contributed by atoms with E-state index in [1.54, 1.807) is 18.3 Å². The van der Waals surface area contributed by atoms with Gasteiger partial charge in [-0.2, -0.15) is 5.01 Å². The van der Waals surface area contributed by atoms with Gasteiger partial charge in [-0.1, -0.05) is 42.6 Å². The van der Waals surface area contributed by atoms with E-state index in [1.165, 1.54) is 25.0 Å². The molecule has 3 aromatic rings. The summed E-state index contributed by atoms with van der Waals surface area (Å²) in [6, 6.07) is 18.5. The van der Waals surface area contributed by atoms with Crippen LogP contribution < -0.4 is 10.3 Å². The largest absolute Gasteiger partial charge is 0.324 e. The molecule has 1 N–H and O–H groups in total. The lowest BCUT2D eigenvalue weighted by Gasteiger charge is -2.38. The molecule has 2 aliphatic rings. The van der Waals surface area contributed by atoms with Crippen molar-refractivity contribution in [3.63, 3.8) is 0 Å². The quantitative estimate of drug-likeness (QED) is 0.396. The summed E-state index contributed by atoms with van der Waals surface area (Å²) in [5.74, 6) is 0.244. The van der Waals surface area contributed by atoms with Crippen LogP contribution in [0.15, 0.2) is 72.9 Å². The van der Waals surface area contributed by atoms with Crippen LogP contribution in [0.5, 0.6) is 0 Å². The molecule has 1 atom stereocenters. The van der Waals surface area contributed by atoms with Crippen molar-refractivity contribution in [3.05, 3.63) is 84.4 Å². The number of anilines is 3. The van der Waals surface area contributed by atoms with Crippen molar-refractivity contribution < 1.29 is 4.39 Å². The molecule has 1 aliphatic heterocycles. The number of alkyl halides is 1. The highest BCUT2D eigenvalue weighted by Gasteiger charge is 2.39. The third-order valence-electron chi connectivity index (χ3n) is 5.73. The molecular formula is C24H23ClFN5. The van der Waals surface area contributed by atoms with E-state index in [-0.39, 0.29) is 11.3 Å². The van der Waals surface area contributed by atoms with Crippen molar-refractivity contribution in [1.82, 2.24) is 15.0 Å². The minimum absolute atomic E-state index is 0.264. The average Bonchev–Trinajstić information content (AvgIpc) is 3.43. The number of para-hydroxylation sites is 1.